The molecule has 0 amide bonds. The number of rotatable bonds is 9. The zero-order chi connectivity index (χ0) is 23.8. The van der Waals surface area contributed by atoms with Crippen molar-refractivity contribution < 1.29 is 23.4 Å². The summed E-state index contributed by atoms with van der Waals surface area (Å²) < 4.78 is 32.6. The van der Waals surface area contributed by atoms with Gasteiger partial charge in [-0.3, -0.25) is 0 Å². The van der Waals surface area contributed by atoms with Gasteiger partial charge in [-0.15, -0.1) is 0 Å². The molecule has 176 valence electrons. The molecule has 1 unspecified atom stereocenters. The van der Waals surface area contributed by atoms with Crippen LogP contribution in [0.25, 0.3) is 0 Å². The third-order valence-electron chi connectivity index (χ3n) is 5.39. The van der Waals surface area contributed by atoms with Gasteiger partial charge in [-0.2, -0.15) is 5.26 Å². The fourth-order valence-electron chi connectivity index (χ4n) is 3.83. The first-order valence-corrected chi connectivity index (χ1v) is 11.2. The smallest absolute Gasteiger partial charge is 0.333 e. The lowest BCUT2D eigenvalue weighted by Gasteiger charge is -2.30. The lowest BCUT2D eigenvalue weighted by atomic mass is 10.0. The maximum absolute atomic E-state index is 15.7. The molecule has 1 heterocycles. The van der Waals surface area contributed by atoms with Gasteiger partial charge in [0.2, 0.25) is 0 Å². The normalized spacial score (nSPS) is 17.0. The van der Waals surface area contributed by atoms with Crippen LogP contribution in [-0.4, -0.2) is 50.3 Å². The Hall–Kier alpha value is -3.31. The molecule has 1 saturated heterocycles. The maximum Gasteiger partial charge on any atom is 0.333 e. The van der Waals surface area contributed by atoms with Crippen LogP contribution in [0.15, 0.2) is 36.4 Å². The van der Waals surface area contributed by atoms with E-state index in [0.29, 0.717) is 30.2 Å². The molecule has 1 aliphatic rings. The van der Waals surface area contributed by atoms with Crippen LogP contribution in [0.4, 0.5) is 10.1 Å². The van der Waals surface area contributed by atoms with Gasteiger partial charge < -0.3 is 24.4 Å². The second-order valence-electron chi connectivity index (χ2n) is 7.92. The van der Waals surface area contributed by atoms with Gasteiger partial charge in [0.25, 0.3) is 0 Å². The number of halogens is 1. The van der Waals surface area contributed by atoms with Crippen LogP contribution in [0.3, 0.4) is 0 Å². The largest absolute Gasteiger partial charge is 0.494 e. The molecule has 7 nitrogen and oxygen atoms in total. The predicted octanol–water partition coefficient (Wildman–Crippen LogP) is 4.29. The van der Waals surface area contributed by atoms with Crippen molar-refractivity contribution >= 4 is 11.7 Å². The summed E-state index contributed by atoms with van der Waals surface area (Å²) in [6, 6.07) is 10.5. The van der Waals surface area contributed by atoms with E-state index in [1.54, 1.807) is 31.2 Å². The minimum absolute atomic E-state index is 0.0483. The van der Waals surface area contributed by atoms with E-state index in [2.05, 4.69) is 10.2 Å². The highest BCUT2D eigenvalue weighted by molar-refractivity contribution is 5.81. The van der Waals surface area contributed by atoms with E-state index < -0.39 is 17.8 Å². The predicted molar refractivity (Wildman–Crippen MR) is 123 cm³/mol. The van der Waals surface area contributed by atoms with Crippen LogP contribution < -0.4 is 14.8 Å². The van der Waals surface area contributed by atoms with Crippen LogP contribution in [0, 0.1) is 17.1 Å². The first kappa shape index (κ1) is 24.3. The first-order valence-electron chi connectivity index (χ1n) is 11.2. The van der Waals surface area contributed by atoms with Crippen molar-refractivity contribution in [1.82, 2.24) is 4.90 Å². The number of carbonyl (C=O) groups excluding carboxylic acids is 1. The van der Waals surface area contributed by atoms with Gasteiger partial charge in [0.1, 0.15) is 11.9 Å². The molecule has 2 aromatic rings. The second kappa shape index (κ2) is 11.5. The van der Waals surface area contributed by atoms with Gasteiger partial charge in [0.05, 0.1) is 24.8 Å². The average molecular weight is 456 g/mol. The minimum Gasteiger partial charge on any atom is -0.494 e. The Morgan fingerprint density at radius 2 is 2.03 bits per heavy atom. The van der Waals surface area contributed by atoms with Crippen molar-refractivity contribution in [2.45, 2.75) is 38.8 Å². The van der Waals surface area contributed by atoms with Gasteiger partial charge in [-0.25, -0.2) is 9.18 Å². The lowest BCUT2D eigenvalue weighted by Crippen LogP contribution is -2.38. The molecule has 3 rings (SSSR count). The van der Waals surface area contributed by atoms with E-state index in [-0.39, 0.29) is 24.0 Å². The SMILES string of the molecule is CCOC(=O)C(Nc1ccc(C#N)cc1)c1cc(OCC)cc(O[C@@H]2CCCN(C)C2)c1F. The summed E-state index contributed by atoms with van der Waals surface area (Å²) >= 11 is 0. The molecule has 0 aliphatic carbocycles. The van der Waals surface area contributed by atoms with E-state index in [9.17, 15) is 4.79 Å². The summed E-state index contributed by atoms with van der Waals surface area (Å²) in [5, 5.41) is 12.1. The van der Waals surface area contributed by atoms with Gasteiger partial charge in [0.15, 0.2) is 17.6 Å². The number of nitriles is 1. The number of nitrogens with zero attached hydrogens (tertiary/aromatic N) is 2. The number of hydrogen-bond acceptors (Lipinski definition) is 7. The first-order chi connectivity index (χ1) is 15.9. The van der Waals surface area contributed by atoms with Gasteiger partial charge in [-0.05, 0) is 70.6 Å². The fraction of sp³-hybridized carbons (Fsp3) is 0.440. The highest BCUT2D eigenvalue weighted by atomic mass is 19.1. The third kappa shape index (κ3) is 6.36. The zero-order valence-electron chi connectivity index (χ0n) is 19.3. The number of likely N-dealkylation sites (N-methyl/N-ethyl adjacent to an activating group) is 1. The number of hydrogen-bond donors (Lipinski definition) is 1. The van der Waals surface area contributed by atoms with Crippen LogP contribution in [0.5, 0.6) is 11.5 Å². The van der Waals surface area contributed by atoms with Crippen LogP contribution in [-0.2, 0) is 9.53 Å². The van der Waals surface area contributed by atoms with Crippen LogP contribution in [0.1, 0.15) is 43.9 Å². The molecule has 2 aromatic carbocycles. The molecule has 8 heteroatoms. The maximum atomic E-state index is 15.7. The fourth-order valence-corrected chi connectivity index (χ4v) is 3.83. The zero-order valence-corrected chi connectivity index (χ0v) is 19.3. The molecule has 1 fully saturated rings. The Balaban J connectivity index is 1.98. The van der Waals surface area contributed by atoms with Crippen molar-refractivity contribution in [1.29, 1.82) is 5.26 Å². The quantitative estimate of drug-likeness (QED) is 0.565. The molecule has 0 bridgehead atoms. The van der Waals surface area contributed by atoms with E-state index >= 15 is 4.39 Å². The number of carbonyl (C=O) groups is 1. The highest BCUT2D eigenvalue weighted by Crippen LogP contribution is 2.35. The molecule has 0 aromatic heterocycles. The Labute approximate surface area is 194 Å². The number of nitrogens with one attached hydrogen (secondary N) is 1. The van der Waals surface area contributed by atoms with E-state index in [1.807, 2.05) is 20.0 Å². The summed E-state index contributed by atoms with van der Waals surface area (Å²) in [5.74, 6) is -0.806. The van der Waals surface area contributed by atoms with E-state index in [4.69, 9.17) is 19.5 Å². The average Bonchev–Trinajstić information content (AvgIpc) is 2.80. The molecule has 1 aliphatic heterocycles. The van der Waals surface area contributed by atoms with E-state index in [1.165, 1.54) is 12.1 Å². The van der Waals surface area contributed by atoms with Crippen molar-refractivity contribution in [2.24, 2.45) is 0 Å². The van der Waals surface area contributed by atoms with E-state index in [0.717, 1.165) is 19.4 Å². The number of ether oxygens (including phenoxy) is 3. The standard InChI is InChI=1S/C25H30FN3O4/c1-4-31-20-13-21(23(26)22(14-20)33-19-7-6-12-29(3)16-19)24(25(30)32-5-2)28-18-10-8-17(15-27)9-11-18/h8-11,13-14,19,24,28H,4-7,12,16H2,1-3H3/t19-,24?/m1/s1. The Bertz CT molecular complexity index is 990. The Kier molecular flexibility index (Phi) is 8.50. The molecular weight excluding hydrogens is 425 g/mol. The second-order valence-corrected chi connectivity index (χ2v) is 7.92. The molecule has 1 N–H and O–H groups in total. The number of anilines is 1. The molecule has 0 spiro atoms. The Morgan fingerprint density at radius 3 is 2.67 bits per heavy atom. The number of esters is 1. The summed E-state index contributed by atoms with van der Waals surface area (Å²) in [4.78, 5) is 15.0. The van der Waals surface area contributed by atoms with Crippen molar-refractivity contribution in [3.63, 3.8) is 0 Å². The summed E-state index contributed by atoms with van der Waals surface area (Å²) in [6.45, 7) is 5.72. The van der Waals surface area contributed by atoms with Crippen LogP contribution >= 0.6 is 0 Å². The topological polar surface area (TPSA) is 83.8 Å². The molecule has 0 saturated carbocycles. The number of piperidine rings is 1. The number of benzene rings is 2. The van der Waals surface area contributed by atoms with Crippen molar-refractivity contribution in [2.75, 3.05) is 38.7 Å². The molecule has 0 radical (unpaired) electrons. The van der Waals surface area contributed by atoms with Gasteiger partial charge in [0, 0.05) is 23.9 Å². The Morgan fingerprint density at radius 1 is 1.27 bits per heavy atom. The summed E-state index contributed by atoms with van der Waals surface area (Å²) in [5.41, 5.74) is 1.10. The van der Waals surface area contributed by atoms with Gasteiger partial charge >= 0.3 is 5.97 Å². The molecule has 2 atom stereocenters. The van der Waals surface area contributed by atoms with Crippen molar-refractivity contribution in [3.05, 3.63) is 53.3 Å². The summed E-state index contributed by atoms with van der Waals surface area (Å²) in [6.07, 6.45) is 1.63. The third-order valence-corrected chi connectivity index (χ3v) is 5.39. The van der Waals surface area contributed by atoms with Crippen molar-refractivity contribution in [3.8, 4) is 17.6 Å². The highest BCUT2D eigenvalue weighted by Gasteiger charge is 2.29. The molecule has 33 heavy (non-hydrogen) atoms. The van der Waals surface area contributed by atoms with Gasteiger partial charge in [-0.1, -0.05) is 0 Å². The monoisotopic (exact) mass is 455 g/mol. The molecular formula is C25H30FN3O4. The summed E-state index contributed by atoms with van der Waals surface area (Å²) in [7, 11) is 2.01. The lowest BCUT2D eigenvalue weighted by molar-refractivity contribution is -0.144. The van der Waals surface area contributed by atoms with Crippen LogP contribution in [0.2, 0.25) is 0 Å². The minimum atomic E-state index is -1.13. The number of likely N-dealkylation sites (tertiary alicyclic amines) is 1.